The standard InChI is InChI=1S/C12H11F2N3O/c1-17-6-8(15)5-11(17)12(18)16-10-4-7(13)2-3-9(10)14/h2-6H,15H2,1H3,(H,16,18). The second-order valence-electron chi connectivity index (χ2n) is 3.85. The van der Waals surface area contributed by atoms with Gasteiger partial charge in [0.1, 0.15) is 17.3 Å². The Hall–Kier alpha value is -2.37. The van der Waals surface area contributed by atoms with E-state index in [0.29, 0.717) is 5.69 Å². The van der Waals surface area contributed by atoms with Gasteiger partial charge in [-0.15, -0.1) is 0 Å². The molecule has 1 heterocycles. The van der Waals surface area contributed by atoms with Gasteiger partial charge in [0.2, 0.25) is 0 Å². The van der Waals surface area contributed by atoms with E-state index in [-0.39, 0.29) is 11.4 Å². The third-order valence-electron chi connectivity index (χ3n) is 2.44. The van der Waals surface area contributed by atoms with Gasteiger partial charge in [-0.3, -0.25) is 4.79 Å². The summed E-state index contributed by atoms with van der Waals surface area (Å²) in [6, 6.07) is 4.29. The fourth-order valence-electron chi connectivity index (χ4n) is 1.60. The van der Waals surface area contributed by atoms with Crippen molar-refractivity contribution in [1.82, 2.24) is 4.57 Å². The van der Waals surface area contributed by atoms with E-state index in [0.717, 1.165) is 18.2 Å². The van der Waals surface area contributed by atoms with Crippen LogP contribution in [-0.4, -0.2) is 10.5 Å². The first-order valence-electron chi connectivity index (χ1n) is 5.15. The molecule has 0 spiro atoms. The van der Waals surface area contributed by atoms with Crippen molar-refractivity contribution >= 4 is 17.3 Å². The third kappa shape index (κ3) is 2.32. The molecule has 6 heteroatoms. The molecule has 1 aromatic heterocycles. The quantitative estimate of drug-likeness (QED) is 0.859. The molecule has 3 N–H and O–H groups in total. The zero-order valence-electron chi connectivity index (χ0n) is 9.58. The van der Waals surface area contributed by atoms with Gasteiger partial charge in [-0.1, -0.05) is 0 Å². The van der Waals surface area contributed by atoms with Crippen LogP contribution in [-0.2, 0) is 7.05 Å². The van der Waals surface area contributed by atoms with Crippen LogP contribution in [0.3, 0.4) is 0 Å². The highest BCUT2D eigenvalue weighted by Crippen LogP contribution is 2.17. The number of nitrogens with one attached hydrogen (secondary N) is 1. The number of aryl methyl sites for hydroxylation is 1. The first-order chi connectivity index (χ1) is 8.47. The summed E-state index contributed by atoms with van der Waals surface area (Å²) in [5.41, 5.74) is 6.00. The minimum Gasteiger partial charge on any atom is -0.397 e. The maximum Gasteiger partial charge on any atom is 0.272 e. The topological polar surface area (TPSA) is 60.0 Å². The molecule has 0 saturated carbocycles. The molecule has 1 aromatic carbocycles. The maximum absolute atomic E-state index is 13.3. The van der Waals surface area contributed by atoms with Crippen molar-refractivity contribution < 1.29 is 13.6 Å². The molecule has 0 aliphatic heterocycles. The van der Waals surface area contributed by atoms with Gasteiger partial charge in [0.05, 0.1) is 11.4 Å². The monoisotopic (exact) mass is 251 g/mol. The Morgan fingerprint density at radius 1 is 1.33 bits per heavy atom. The lowest BCUT2D eigenvalue weighted by molar-refractivity contribution is 0.101. The fraction of sp³-hybridized carbons (Fsp3) is 0.0833. The zero-order chi connectivity index (χ0) is 13.3. The summed E-state index contributed by atoms with van der Waals surface area (Å²) in [6.07, 6.45) is 1.55. The van der Waals surface area contributed by atoms with Gasteiger partial charge in [-0.2, -0.15) is 0 Å². The highest BCUT2D eigenvalue weighted by atomic mass is 19.1. The summed E-state index contributed by atoms with van der Waals surface area (Å²) < 4.78 is 27.8. The smallest absolute Gasteiger partial charge is 0.272 e. The van der Waals surface area contributed by atoms with Crippen LogP contribution in [0, 0.1) is 11.6 Å². The van der Waals surface area contributed by atoms with E-state index in [1.807, 2.05) is 0 Å². The van der Waals surface area contributed by atoms with Gasteiger partial charge >= 0.3 is 0 Å². The van der Waals surface area contributed by atoms with Gasteiger partial charge < -0.3 is 15.6 Å². The number of amides is 1. The molecule has 94 valence electrons. The molecule has 18 heavy (non-hydrogen) atoms. The van der Waals surface area contributed by atoms with E-state index in [2.05, 4.69) is 5.32 Å². The van der Waals surface area contributed by atoms with Crippen molar-refractivity contribution in [2.24, 2.45) is 7.05 Å². The molecule has 0 fully saturated rings. The van der Waals surface area contributed by atoms with Crippen molar-refractivity contribution in [3.05, 3.63) is 47.8 Å². The Kier molecular flexibility index (Phi) is 3.01. The van der Waals surface area contributed by atoms with E-state index in [9.17, 15) is 13.6 Å². The third-order valence-corrected chi connectivity index (χ3v) is 2.44. The van der Waals surface area contributed by atoms with Crippen LogP contribution in [0.15, 0.2) is 30.5 Å². The van der Waals surface area contributed by atoms with Crippen LogP contribution in [0.5, 0.6) is 0 Å². The highest BCUT2D eigenvalue weighted by Gasteiger charge is 2.13. The first-order valence-corrected chi connectivity index (χ1v) is 5.15. The Bertz CT molecular complexity index is 607. The Labute approximate surface area is 102 Å². The highest BCUT2D eigenvalue weighted by molar-refractivity contribution is 6.03. The van der Waals surface area contributed by atoms with Crippen LogP contribution in [0.4, 0.5) is 20.2 Å². The summed E-state index contributed by atoms with van der Waals surface area (Å²) in [4.78, 5) is 11.8. The van der Waals surface area contributed by atoms with Gasteiger partial charge in [0.15, 0.2) is 0 Å². The predicted molar refractivity (Wildman–Crippen MR) is 64.1 cm³/mol. The van der Waals surface area contributed by atoms with Gasteiger partial charge in [-0.05, 0) is 18.2 Å². The molecule has 0 atom stereocenters. The number of anilines is 2. The molecule has 0 bridgehead atoms. The summed E-state index contributed by atoms with van der Waals surface area (Å²) in [5, 5.41) is 2.29. The van der Waals surface area contributed by atoms with Crippen LogP contribution in [0.2, 0.25) is 0 Å². The van der Waals surface area contributed by atoms with Crippen molar-refractivity contribution in [2.45, 2.75) is 0 Å². The number of nitrogen functional groups attached to an aromatic ring is 1. The second-order valence-corrected chi connectivity index (χ2v) is 3.85. The Morgan fingerprint density at radius 2 is 2.06 bits per heavy atom. The summed E-state index contributed by atoms with van der Waals surface area (Å²) in [6.45, 7) is 0. The average molecular weight is 251 g/mol. The lowest BCUT2D eigenvalue weighted by atomic mass is 10.3. The number of halogens is 2. The molecule has 0 saturated heterocycles. The molecule has 2 aromatic rings. The van der Waals surface area contributed by atoms with Crippen molar-refractivity contribution in [2.75, 3.05) is 11.1 Å². The SMILES string of the molecule is Cn1cc(N)cc1C(=O)Nc1cc(F)ccc1F. The van der Waals surface area contributed by atoms with Crippen LogP contribution in [0.25, 0.3) is 0 Å². The normalized spacial score (nSPS) is 10.4. The molecular formula is C12H11F2N3O. The Balaban J connectivity index is 2.26. The van der Waals surface area contributed by atoms with Crippen LogP contribution < -0.4 is 11.1 Å². The van der Waals surface area contributed by atoms with Gasteiger partial charge in [0, 0.05) is 19.3 Å². The zero-order valence-corrected chi connectivity index (χ0v) is 9.58. The van der Waals surface area contributed by atoms with E-state index in [4.69, 9.17) is 5.73 Å². The number of carbonyl (C=O) groups excluding carboxylic acids is 1. The molecule has 0 aliphatic rings. The minimum atomic E-state index is -0.702. The lowest BCUT2D eigenvalue weighted by Gasteiger charge is -2.07. The number of hydrogen-bond donors (Lipinski definition) is 2. The van der Waals surface area contributed by atoms with E-state index >= 15 is 0 Å². The second kappa shape index (κ2) is 4.48. The molecule has 1 amide bonds. The van der Waals surface area contributed by atoms with Crippen molar-refractivity contribution in [1.29, 1.82) is 0 Å². The summed E-state index contributed by atoms with van der Waals surface area (Å²) in [7, 11) is 1.63. The van der Waals surface area contributed by atoms with Crippen molar-refractivity contribution in [3.8, 4) is 0 Å². The first kappa shape index (κ1) is 12.1. The largest absolute Gasteiger partial charge is 0.397 e. The molecule has 2 rings (SSSR count). The summed E-state index contributed by atoms with van der Waals surface area (Å²) >= 11 is 0. The number of aromatic nitrogens is 1. The number of nitrogens with two attached hydrogens (primary N) is 1. The number of rotatable bonds is 2. The van der Waals surface area contributed by atoms with E-state index < -0.39 is 17.5 Å². The molecule has 0 aliphatic carbocycles. The molecule has 4 nitrogen and oxygen atoms in total. The minimum absolute atomic E-state index is 0.209. The van der Waals surface area contributed by atoms with Gasteiger partial charge in [-0.25, -0.2) is 8.78 Å². The molecule has 0 radical (unpaired) electrons. The number of hydrogen-bond acceptors (Lipinski definition) is 2. The fourth-order valence-corrected chi connectivity index (χ4v) is 1.60. The van der Waals surface area contributed by atoms with Crippen LogP contribution >= 0.6 is 0 Å². The summed E-state index contributed by atoms with van der Waals surface area (Å²) in [5.74, 6) is -1.89. The molecule has 0 unspecified atom stereocenters. The van der Waals surface area contributed by atoms with Crippen molar-refractivity contribution in [3.63, 3.8) is 0 Å². The Morgan fingerprint density at radius 3 is 2.67 bits per heavy atom. The lowest BCUT2D eigenvalue weighted by Crippen LogP contribution is -2.16. The maximum atomic E-state index is 13.3. The van der Waals surface area contributed by atoms with Crippen LogP contribution in [0.1, 0.15) is 10.5 Å². The number of benzene rings is 1. The average Bonchev–Trinajstić information content (AvgIpc) is 2.63. The number of nitrogens with zero attached hydrogens (tertiary/aromatic N) is 1. The van der Waals surface area contributed by atoms with E-state index in [1.54, 1.807) is 13.2 Å². The van der Waals surface area contributed by atoms with E-state index in [1.165, 1.54) is 10.6 Å². The number of carbonyl (C=O) groups is 1. The van der Waals surface area contributed by atoms with Gasteiger partial charge in [0.25, 0.3) is 5.91 Å². The predicted octanol–water partition coefficient (Wildman–Crippen LogP) is 2.14. The molecular weight excluding hydrogens is 240 g/mol.